The summed E-state index contributed by atoms with van der Waals surface area (Å²) in [5, 5.41) is 9.17. The zero-order valence-corrected chi connectivity index (χ0v) is 15.8. The Balaban J connectivity index is 1.58. The van der Waals surface area contributed by atoms with Gasteiger partial charge in [-0.15, -0.1) is 0 Å². The molecule has 0 N–H and O–H groups in total. The van der Waals surface area contributed by atoms with E-state index in [1.54, 1.807) is 25.1 Å². The maximum absolute atomic E-state index is 12.1. The van der Waals surface area contributed by atoms with Gasteiger partial charge in [-0.05, 0) is 31.6 Å². The molecule has 0 aliphatic carbocycles. The summed E-state index contributed by atoms with van der Waals surface area (Å²) in [6.07, 6.45) is 4.43. The van der Waals surface area contributed by atoms with Crippen LogP contribution < -0.4 is 4.90 Å². The molecular weight excluding hydrogens is 330 g/mol. The highest BCUT2D eigenvalue weighted by molar-refractivity contribution is 5.80. The number of nitrogens with zero attached hydrogens (tertiary/aromatic N) is 5. The first-order chi connectivity index (χ1) is 12.5. The highest BCUT2D eigenvalue weighted by Gasteiger charge is 2.37. The first kappa shape index (κ1) is 18.6. The molecule has 0 bridgehead atoms. The molecule has 2 aliphatic rings. The number of aromatic nitrogens is 2. The van der Waals surface area contributed by atoms with Crippen LogP contribution >= 0.6 is 0 Å². The largest absolute Gasteiger partial charge is 0.365 e. The molecule has 0 radical (unpaired) electrons. The summed E-state index contributed by atoms with van der Waals surface area (Å²) < 4.78 is 6.06. The number of rotatable bonds is 4. The summed E-state index contributed by atoms with van der Waals surface area (Å²) in [5.41, 5.74) is 0.429. The molecule has 7 heteroatoms. The molecule has 0 aromatic carbocycles. The fourth-order valence-electron chi connectivity index (χ4n) is 3.84. The Bertz CT molecular complexity index is 692. The van der Waals surface area contributed by atoms with E-state index in [-0.39, 0.29) is 18.1 Å². The van der Waals surface area contributed by atoms with Gasteiger partial charge in [-0.2, -0.15) is 5.26 Å². The Morgan fingerprint density at radius 3 is 2.65 bits per heavy atom. The topological polar surface area (TPSA) is 82.4 Å². The van der Waals surface area contributed by atoms with Gasteiger partial charge in [0.1, 0.15) is 29.5 Å². The third-order valence-electron chi connectivity index (χ3n) is 5.35. The van der Waals surface area contributed by atoms with Crippen molar-refractivity contribution in [3.8, 4) is 6.07 Å². The van der Waals surface area contributed by atoms with Gasteiger partial charge in [0.25, 0.3) is 5.91 Å². The summed E-state index contributed by atoms with van der Waals surface area (Å²) in [5.74, 6) is 2.11. The van der Waals surface area contributed by atoms with E-state index in [2.05, 4.69) is 20.9 Å². The highest BCUT2D eigenvalue weighted by Crippen LogP contribution is 2.33. The predicted molar refractivity (Wildman–Crippen MR) is 97.7 cm³/mol. The summed E-state index contributed by atoms with van der Waals surface area (Å²) in [4.78, 5) is 24.7. The molecule has 0 unspecified atom stereocenters. The number of anilines is 1. The van der Waals surface area contributed by atoms with Crippen molar-refractivity contribution in [2.45, 2.75) is 51.2 Å². The van der Waals surface area contributed by atoms with Crippen molar-refractivity contribution in [2.24, 2.45) is 5.92 Å². The van der Waals surface area contributed by atoms with Crippen molar-refractivity contribution >= 4 is 11.7 Å². The van der Waals surface area contributed by atoms with Crippen molar-refractivity contribution in [3.63, 3.8) is 0 Å². The number of hydrogen-bond acceptors (Lipinski definition) is 6. The number of ether oxygens (including phenoxy) is 1. The van der Waals surface area contributed by atoms with E-state index in [9.17, 15) is 4.79 Å². The third kappa shape index (κ3) is 3.96. The number of nitriles is 1. The van der Waals surface area contributed by atoms with E-state index in [0.717, 1.165) is 51.0 Å². The number of carbonyl (C=O) groups is 1. The molecular formula is C19H27N5O2. The molecule has 3 heterocycles. The summed E-state index contributed by atoms with van der Waals surface area (Å²) >= 11 is 0. The molecule has 26 heavy (non-hydrogen) atoms. The minimum Gasteiger partial charge on any atom is -0.365 e. The number of piperidine rings is 1. The second-order valence-electron chi connectivity index (χ2n) is 7.29. The van der Waals surface area contributed by atoms with Crippen LogP contribution in [0.3, 0.4) is 0 Å². The van der Waals surface area contributed by atoms with Gasteiger partial charge >= 0.3 is 0 Å². The molecule has 1 amide bonds. The van der Waals surface area contributed by atoms with Crippen molar-refractivity contribution in [3.05, 3.63) is 17.6 Å². The van der Waals surface area contributed by atoms with Gasteiger partial charge in [-0.25, -0.2) is 9.97 Å². The monoisotopic (exact) mass is 357 g/mol. The second-order valence-corrected chi connectivity index (χ2v) is 7.29. The lowest BCUT2D eigenvalue weighted by Gasteiger charge is -2.35. The molecule has 2 atom stereocenters. The van der Waals surface area contributed by atoms with E-state index in [0.29, 0.717) is 17.4 Å². The molecule has 3 rings (SSSR count). The smallest absolute Gasteiger partial charge is 0.251 e. The van der Waals surface area contributed by atoms with Crippen LogP contribution in [0.25, 0.3) is 0 Å². The quantitative estimate of drug-likeness (QED) is 0.817. The number of amides is 1. The normalized spacial score (nSPS) is 23.7. The number of aryl methyl sites for hydroxylation is 1. The average molecular weight is 357 g/mol. The Hall–Kier alpha value is -2.20. The molecule has 1 aromatic rings. The molecule has 0 saturated carbocycles. The average Bonchev–Trinajstić information content (AvgIpc) is 3.17. The summed E-state index contributed by atoms with van der Waals surface area (Å²) in [7, 11) is 3.55. The van der Waals surface area contributed by atoms with Crippen LogP contribution in [0.5, 0.6) is 0 Å². The molecule has 2 fully saturated rings. The fourth-order valence-corrected chi connectivity index (χ4v) is 3.84. The molecule has 1 aromatic heterocycles. The first-order valence-corrected chi connectivity index (χ1v) is 9.41. The Kier molecular flexibility index (Phi) is 5.72. The van der Waals surface area contributed by atoms with E-state index in [4.69, 9.17) is 10.00 Å². The van der Waals surface area contributed by atoms with E-state index in [1.165, 1.54) is 0 Å². The maximum Gasteiger partial charge on any atom is 0.251 e. The zero-order chi connectivity index (χ0) is 18.7. The standard InChI is InChI=1S/C19H27N5O2/c1-4-17-21-14(12-20)11-18(22-17)24-9-7-13(8-10-24)15-5-6-16(26-15)19(25)23(2)3/h11,13,15-16H,4-10H2,1-3H3/t15-,16+/m0/s1. The van der Waals surface area contributed by atoms with Gasteiger partial charge in [-0.1, -0.05) is 6.92 Å². The van der Waals surface area contributed by atoms with Crippen LogP contribution in [-0.2, 0) is 16.0 Å². The third-order valence-corrected chi connectivity index (χ3v) is 5.35. The minimum absolute atomic E-state index is 0.0713. The van der Waals surface area contributed by atoms with Crippen LogP contribution in [-0.4, -0.2) is 60.2 Å². The van der Waals surface area contributed by atoms with Crippen LogP contribution in [0, 0.1) is 17.2 Å². The summed E-state index contributed by atoms with van der Waals surface area (Å²) in [6.45, 7) is 3.78. The van der Waals surface area contributed by atoms with E-state index < -0.39 is 0 Å². The van der Waals surface area contributed by atoms with Gasteiger partial charge in [0.2, 0.25) is 0 Å². The molecule has 140 valence electrons. The van der Waals surface area contributed by atoms with E-state index >= 15 is 0 Å². The second kappa shape index (κ2) is 8.00. The van der Waals surface area contributed by atoms with Gasteiger partial charge in [0.05, 0.1) is 6.10 Å². The molecule has 7 nitrogen and oxygen atoms in total. The Morgan fingerprint density at radius 2 is 2.04 bits per heavy atom. The molecule has 2 aliphatic heterocycles. The lowest BCUT2D eigenvalue weighted by atomic mass is 9.89. The lowest BCUT2D eigenvalue weighted by molar-refractivity contribution is -0.141. The van der Waals surface area contributed by atoms with Crippen LogP contribution in [0.1, 0.15) is 44.1 Å². The van der Waals surface area contributed by atoms with Crippen molar-refractivity contribution < 1.29 is 9.53 Å². The summed E-state index contributed by atoms with van der Waals surface area (Å²) in [6, 6.07) is 3.90. The van der Waals surface area contributed by atoms with Gasteiger partial charge in [0.15, 0.2) is 0 Å². The van der Waals surface area contributed by atoms with Crippen LogP contribution in [0.15, 0.2) is 6.07 Å². The SMILES string of the molecule is CCc1nc(C#N)cc(N2CCC([C@@H]3CC[C@H](C(=O)N(C)C)O3)CC2)n1. The number of hydrogen-bond donors (Lipinski definition) is 0. The zero-order valence-electron chi connectivity index (χ0n) is 15.8. The first-order valence-electron chi connectivity index (χ1n) is 9.41. The molecule has 0 spiro atoms. The van der Waals surface area contributed by atoms with Crippen molar-refractivity contribution in [2.75, 3.05) is 32.1 Å². The van der Waals surface area contributed by atoms with Crippen molar-refractivity contribution in [1.82, 2.24) is 14.9 Å². The highest BCUT2D eigenvalue weighted by atomic mass is 16.5. The Morgan fingerprint density at radius 1 is 1.31 bits per heavy atom. The fraction of sp³-hybridized carbons (Fsp3) is 0.684. The minimum atomic E-state index is -0.278. The van der Waals surface area contributed by atoms with Crippen LogP contribution in [0.4, 0.5) is 5.82 Å². The van der Waals surface area contributed by atoms with Gasteiger partial charge < -0.3 is 14.5 Å². The van der Waals surface area contributed by atoms with Gasteiger partial charge in [0, 0.05) is 39.7 Å². The van der Waals surface area contributed by atoms with Gasteiger partial charge in [-0.3, -0.25) is 4.79 Å². The lowest BCUT2D eigenvalue weighted by Crippen LogP contribution is -2.39. The Labute approximate surface area is 155 Å². The van der Waals surface area contributed by atoms with Crippen molar-refractivity contribution in [1.29, 1.82) is 5.26 Å². The maximum atomic E-state index is 12.1. The number of carbonyl (C=O) groups excluding carboxylic acids is 1. The van der Waals surface area contributed by atoms with E-state index in [1.807, 2.05) is 6.92 Å². The number of likely N-dealkylation sites (N-methyl/N-ethyl adjacent to an activating group) is 1. The van der Waals surface area contributed by atoms with Crippen LogP contribution in [0.2, 0.25) is 0 Å². The molecule has 2 saturated heterocycles. The predicted octanol–water partition coefficient (Wildman–Crippen LogP) is 1.76.